The molecule has 0 unspecified atom stereocenters. The van der Waals surface area contributed by atoms with Gasteiger partial charge in [0, 0.05) is 52.0 Å². The fraction of sp³-hybridized carbons (Fsp3) is 0.214. The number of aliphatic imine (C=N–C) groups is 1. The quantitative estimate of drug-likeness (QED) is 0.215. The van der Waals surface area contributed by atoms with E-state index in [2.05, 4.69) is 15.0 Å². The van der Waals surface area contributed by atoms with Crippen molar-refractivity contribution in [1.82, 2.24) is 14.5 Å². The SMILES string of the molecule is CC=N/C(=C(\C)Cl)c1cc(C)nc2c(OCc3c(Cl)cncc3Cn3cccc(C(F)(F)F)c3=O)cccc12. The number of allylic oxidation sites excluding steroid dienone is 1. The Kier molecular flexibility index (Phi) is 8.42. The van der Waals surface area contributed by atoms with Gasteiger partial charge in [-0.25, -0.2) is 4.98 Å². The van der Waals surface area contributed by atoms with E-state index in [4.69, 9.17) is 27.9 Å². The average molecular weight is 575 g/mol. The molecule has 0 amide bonds. The molecule has 0 aliphatic carbocycles. The van der Waals surface area contributed by atoms with Gasteiger partial charge in [0.25, 0.3) is 5.56 Å². The third kappa shape index (κ3) is 6.15. The second kappa shape index (κ2) is 11.6. The summed E-state index contributed by atoms with van der Waals surface area (Å²) in [6, 6.07) is 9.27. The lowest BCUT2D eigenvalue weighted by Crippen LogP contribution is -2.28. The first-order valence-corrected chi connectivity index (χ1v) is 12.5. The minimum Gasteiger partial charge on any atom is -0.487 e. The normalized spacial score (nSPS) is 12.7. The zero-order valence-electron chi connectivity index (χ0n) is 21.2. The predicted molar refractivity (Wildman–Crippen MR) is 147 cm³/mol. The van der Waals surface area contributed by atoms with Crippen LogP contribution in [0.4, 0.5) is 13.2 Å². The van der Waals surface area contributed by atoms with Crippen LogP contribution in [0.3, 0.4) is 0 Å². The maximum Gasteiger partial charge on any atom is 0.421 e. The van der Waals surface area contributed by atoms with Crippen LogP contribution in [0.25, 0.3) is 16.6 Å². The summed E-state index contributed by atoms with van der Waals surface area (Å²) in [5.41, 5.74) is 1.21. The van der Waals surface area contributed by atoms with Gasteiger partial charge in [-0.1, -0.05) is 35.3 Å². The van der Waals surface area contributed by atoms with Crippen molar-refractivity contribution in [2.45, 2.75) is 40.1 Å². The van der Waals surface area contributed by atoms with Gasteiger partial charge >= 0.3 is 6.18 Å². The maximum absolute atomic E-state index is 13.3. The lowest BCUT2D eigenvalue weighted by atomic mass is 10.0. The topological polar surface area (TPSA) is 69.4 Å². The van der Waals surface area contributed by atoms with Crippen molar-refractivity contribution >= 4 is 46.0 Å². The number of ether oxygens (including phenoxy) is 1. The highest BCUT2D eigenvalue weighted by molar-refractivity contribution is 6.32. The first kappa shape index (κ1) is 28.3. The van der Waals surface area contributed by atoms with Gasteiger partial charge in [0.15, 0.2) is 0 Å². The molecule has 202 valence electrons. The number of fused-ring (bicyclic) bond motifs is 1. The lowest BCUT2D eigenvalue weighted by Gasteiger charge is -2.16. The van der Waals surface area contributed by atoms with E-state index in [9.17, 15) is 18.0 Å². The largest absolute Gasteiger partial charge is 0.487 e. The molecule has 4 rings (SSSR count). The lowest BCUT2D eigenvalue weighted by molar-refractivity contribution is -0.138. The van der Waals surface area contributed by atoms with Crippen LogP contribution in [0.5, 0.6) is 5.75 Å². The third-order valence-corrected chi connectivity index (χ3v) is 6.41. The van der Waals surface area contributed by atoms with Gasteiger partial charge in [-0.3, -0.25) is 14.8 Å². The highest BCUT2D eigenvalue weighted by atomic mass is 35.5. The van der Waals surface area contributed by atoms with Crippen LogP contribution in [-0.2, 0) is 19.3 Å². The highest BCUT2D eigenvalue weighted by Gasteiger charge is 2.34. The minimum absolute atomic E-state index is 0.0428. The third-order valence-electron chi connectivity index (χ3n) is 5.90. The van der Waals surface area contributed by atoms with E-state index in [1.807, 2.05) is 25.1 Å². The zero-order valence-corrected chi connectivity index (χ0v) is 22.7. The summed E-state index contributed by atoms with van der Waals surface area (Å²) < 4.78 is 46.9. The van der Waals surface area contributed by atoms with Gasteiger partial charge in [0.1, 0.15) is 23.4 Å². The number of rotatable bonds is 7. The Hall–Kier alpha value is -3.69. The summed E-state index contributed by atoms with van der Waals surface area (Å²) in [7, 11) is 0. The Bertz CT molecular complexity index is 1660. The summed E-state index contributed by atoms with van der Waals surface area (Å²) >= 11 is 12.8. The Morgan fingerprint density at radius 2 is 1.97 bits per heavy atom. The Morgan fingerprint density at radius 1 is 1.21 bits per heavy atom. The van der Waals surface area contributed by atoms with Crippen LogP contribution >= 0.6 is 23.2 Å². The van der Waals surface area contributed by atoms with Gasteiger partial charge in [0.2, 0.25) is 0 Å². The van der Waals surface area contributed by atoms with E-state index in [0.29, 0.717) is 33.1 Å². The first-order chi connectivity index (χ1) is 18.5. The summed E-state index contributed by atoms with van der Waals surface area (Å²) in [6.45, 7) is 5.19. The molecule has 0 atom stereocenters. The van der Waals surface area contributed by atoms with Gasteiger partial charge in [-0.2, -0.15) is 13.2 Å². The van der Waals surface area contributed by atoms with Crippen molar-refractivity contribution < 1.29 is 17.9 Å². The number of para-hydroxylation sites is 1. The number of alkyl halides is 3. The molecule has 0 aliphatic rings. The van der Waals surface area contributed by atoms with E-state index < -0.39 is 17.3 Å². The Labute approximate surface area is 232 Å². The molecule has 0 radical (unpaired) electrons. The van der Waals surface area contributed by atoms with Gasteiger partial charge in [-0.15, -0.1) is 0 Å². The van der Waals surface area contributed by atoms with Crippen LogP contribution < -0.4 is 10.3 Å². The predicted octanol–water partition coefficient (Wildman–Crippen LogP) is 7.42. The number of halogens is 5. The average Bonchev–Trinajstić information content (AvgIpc) is 2.87. The number of hydrogen-bond donors (Lipinski definition) is 0. The fourth-order valence-electron chi connectivity index (χ4n) is 4.15. The molecule has 0 bridgehead atoms. The van der Waals surface area contributed by atoms with Gasteiger partial charge in [0.05, 0.1) is 17.3 Å². The first-order valence-electron chi connectivity index (χ1n) is 11.8. The Balaban J connectivity index is 1.72. The maximum atomic E-state index is 13.3. The molecule has 3 heterocycles. The highest BCUT2D eigenvalue weighted by Crippen LogP contribution is 2.34. The molecule has 0 N–H and O–H groups in total. The van der Waals surface area contributed by atoms with Crippen LogP contribution in [0.1, 0.15) is 41.8 Å². The van der Waals surface area contributed by atoms with E-state index in [-0.39, 0.29) is 18.2 Å². The molecule has 4 aromatic rings. The number of aryl methyl sites for hydroxylation is 1. The molecule has 3 aromatic heterocycles. The molecular weight excluding hydrogens is 552 g/mol. The van der Waals surface area contributed by atoms with Crippen molar-refractivity contribution in [1.29, 1.82) is 0 Å². The van der Waals surface area contributed by atoms with Gasteiger partial charge < -0.3 is 9.30 Å². The van der Waals surface area contributed by atoms with E-state index in [0.717, 1.165) is 27.3 Å². The van der Waals surface area contributed by atoms with E-state index in [1.165, 1.54) is 24.7 Å². The summed E-state index contributed by atoms with van der Waals surface area (Å²) in [5, 5.41) is 1.54. The number of pyridine rings is 3. The summed E-state index contributed by atoms with van der Waals surface area (Å²) in [5.74, 6) is 0.458. The smallest absolute Gasteiger partial charge is 0.421 e. The van der Waals surface area contributed by atoms with Crippen molar-refractivity contribution in [2.24, 2.45) is 4.99 Å². The summed E-state index contributed by atoms with van der Waals surface area (Å²) in [6.07, 6.45) is 1.03. The molecule has 6 nitrogen and oxygen atoms in total. The summed E-state index contributed by atoms with van der Waals surface area (Å²) in [4.78, 5) is 25.6. The van der Waals surface area contributed by atoms with Crippen molar-refractivity contribution in [3.63, 3.8) is 0 Å². The fourth-order valence-corrected chi connectivity index (χ4v) is 4.53. The monoisotopic (exact) mass is 574 g/mol. The molecule has 0 aliphatic heterocycles. The molecule has 11 heteroatoms. The van der Waals surface area contributed by atoms with Crippen molar-refractivity contribution in [3.05, 3.63) is 103 Å². The number of nitrogens with zero attached hydrogens (tertiary/aromatic N) is 4. The standard InChI is InChI=1S/C28H23Cl2F3N4O2/c1-4-35-25(17(3)29)20-11-16(2)36-26-19(20)7-5-9-24(26)39-15-21-18(12-34-13-23(21)30)14-37-10-6-8-22(27(37)38)28(31,32)33/h4-13H,14-15H2,1-3H3/b25-17+,35-4?. The number of hydrogen-bond acceptors (Lipinski definition) is 5. The number of benzene rings is 1. The molecule has 0 saturated carbocycles. The molecule has 0 fully saturated rings. The van der Waals surface area contributed by atoms with E-state index in [1.54, 1.807) is 26.1 Å². The molecule has 39 heavy (non-hydrogen) atoms. The van der Waals surface area contributed by atoms with Crippen LogP contribution in [0, 0.1) is 6.92 Å². The van der Waals surface area contributed by atoms with E-state index >= 15 is 0 Å². The van der Waals surface area contributed by atoms with Crippen LogP contribution in [-0.4, -0.2) is 20.7 Å². The Morgan fingerprint density at radius 3 is 2.67 bits per heavy atom. The minimum atomic E-state index is -4.77. The van der Waals surface area contributed by atoms with Crippen LogP contribution in [0.2, 0.25) is 5.02 Å². The molecule has 0 saturated heterocycles. The second-order valence-corrected chi connectivity index (χ2v) is 9.61. The van der Waals surface area contributed by atoms with Crippen molar-refractivity contribution in [3.8, 4) is 5.75 Å². The number of aromatic nitrogens is 3. The van der Waals surface area contributed by atoms with Crippen molar-refractivity contribution in [2.75, 3.05) is 0 Å². The second-order valence-electron chi connectivity index (χ2n) is 8.63. The van der Waals surface area contributed by atoms with Crippen LogP contribution in [0.15, 0.2) is 69.8 Å². The zero-order chi connectivity index (χ0) is 28.3. The molecule has 0 spiro atoms. The molecular formula is C28H23Cl2F3N4O2. The molecule has 1 aromatic carbocycles. The van der Waals surface area contributed by atoms with Gasteiger partial charge in [-0.05, 0) is 50.6 Å².